The first-order chi connectivity index (χ1) is 13.1. The molecule has 1 heterocycles. The monoisotopic (exact) mass is 404 g/mol. The number of aromatic nitrogens is 2. The standard InChI is InChI=1S/C20H29ClN6O/c1-12-8-9-13(18(28)22-5)10-14(12)24-16-15(21)17(26-19(23-6)25-16)27(7)11-20(2,3)4/h8-10H,11H2,1-7H3,(H,22,28)(H2,23,24,25,26). The molecule has 0 atom stereocenters. The fraction of sp³-hybridized carbons (Fsp3) is 0.450. The highest BCUT2D eigenvalue weighted by Gasteiger charge is 2.21. The Hall–Kier alpha value is -2.54. The Morgan fingerprint density at radius 3 is 2.46 bits per heavy atom. The largest absolute Gasteiger partial charge is 0.358 e. The number of carbonyl (C=O) groups excluding carboxylic acids is 1. The number of anilines is 4. The summed E-state index contributed by atoms with van der Waals surface area (Å²) in [4.78, 5) is 23.0. The fourth-order valence-corrected chi connectivity index (χ4v) is 3.12. The first kappa shape index (κ1) is 21.8. The fourth-order valence-electron chi connectivity index (χ4n) is 2.84. The third-order valence-electron chi connectivity index (χ3n) is 4.11. The van der Waals surface area contributed by atoms with Crippen LogP contribution in [0.25, 0.3) is 0 Å². The first-order valence-electron chi connectivity index (χ1n) is 9.12. The van der Waals surface area contributed by atoms with Crippen molar-refractivity contribution < 1.29 is 4.79 Å². The van der Waals surface area contributed by atoms with Gasteiger partial charge < -0.3 is 20.9 Å². The van der Waals surface area contributed by atoms with Crippen LogP contribution in [0, 0.1) is 12.3 Å². The number of halogens is 1. The number of nitrogens with zero attached hydrogens (tertiary/aromatic N) is 3. The molecule has 1 aromatic heterocycles. The predicted molar refractivity (Wildman–Crippen MR) is 117 cm³/mol. The first-order valence-corrected chi connectivity index (χ1v) is 9.49. The molecule has 0 aliphatic heterocycles. The van der Waals surface area contributed by atoms with Crippen molar-refractivity contribution in [2.75, 3.05) is 43.2 Å². The van der Waals surface area contributed by atoms with Gasteiger partial charge in [-0.15, -0.1) is 0 Å². The second kappa shape index (κ2) is 8.65. The summed E-state index contributed by atoms with van der Waals surface area (Å²) in [6.45, 7) is 9.20. The van der Waals surface area contributed by atoms with Crippen molar-refractivity contribution >= 4 is 40.8 Å². The molecule has 0 aliphatic rings. The normalized spacial score (nSPS) is 11.1. The number of rotatable bonds is 6. The molecule has 0 unspecified atom stereocenters. The maximum Gasteiger partial charge on any atom is 0.251 e. The molecule has 152 valence electrons. The molecule has 7 nitrogen and oxygen atoms in total. The topological polar surface area (TPSA) is 82.2 Å². The Morgan fingerprint density at radius 2 is 1.89 bits per heavy atom. The average Bonchev–Trinajstić information content (AvgIpc) is 2.62. The second-order valence-electron chi connectivity index (χ2n) is 7.93. The van der Waals surface area contributed by atoms with Gasteiger partial charge in [0.2, 0.25) is 5.95 Å². The Balaban J connectivity index is 2.46. The molecule has 8 heteroatoms. The quantitative estimate of drug-likeness (QED) is 0.673. The highest BCUT2D eigenvalue weighted by Crippen LogP contribution is 2.34. The van der Waals surface area contributed by atoms with E-state index >= 15 is 0 Å². The average molecular weight is 405 g/mol. The van der Waals surface area contributed by atoms with Crippen molar-refractivity contribution in [2.24, 2.45) is 5.41 Å². The zero-order valence-electron chi connectivity index (χ0n) is 17.6. The van der Waals surface area contributed by atoms with E-state index in [9.17, 15) is 4.79 Å². The van der Waals surface area contributed by atoms with Crippen molar-refractivity contribution in [3.05, 3.63) is 34.3 Å². The number of amides is 1. The van der Waals surface area contributed by atoms with E-state index in [1.165, 1.54) is 0 Å². The van der Waals surface area contributed by atoms with Gasteiger partial charge in [0.05, 0.1) is 0 Å². The van der Waals surface area contributed by atoms with E-state index < -0.39 is 0 Å². The maximum absolute atomic E-state index is 12.0. The number of aryl methyl sites for hydroxylation is 1. The lowest BCUT2D eigenvalue weighted by Crippen LogP contribution is -2.30. The van der Waals surface area contributed by atoms with Crippen LogP contribution in [-0.4, -0.2) is 43.6 Å². The third kappa shape index (κ3) is 5.25. The van der Waals surface area contributed by atoms with Crippen molar-refractivity contribution in [3.63, 3.8) is 0 Å². The minimum atomic E-state index is -0.154. The van der Waals surface area contributed by atoms with Gasteiger partial charge in [-0.2, -0.15) is 9.97 Å². The zero-order chi connectivity index (χ0) is 21.1. The van der Waals surface area contributed by atoms with Crippen LogP contribution in [0.3, 0.4) is 0 Å². The molecule has 1 amide bonds. The van der Waals surface area contributed by atoms with Crippen molar-refractivity contribution in [1.29, 1.82) is 0 Å². The smallest absolute Gasteiger partial charge is 0.251 e. The van der Waals surface area contributed by atoms with Crippen LogP contribution in [0.2, 0.25) is 5.02 Å². The van der Waals surface area contributed by atoms with Crippen LogP contribution in [0.4, 0.5) is 23.3 Å². The Kier molecular flexibility index (Phi) is 6.72. The van der Waals surface area contributed by atoms with Gasteiger partial charge in [-0.05, 0) is 30.0 Å². The van der Waals surface area contributed by atoms with Gasteiger partial charge in [0.25, 0.3) is 5.91 Å². The molecule has 0 bridgehead atoms. The number of hydrogen-bond acceptors (Lipinski definition) is 6. The molecule has 2 rings (SSSR count). The molecule has 0 aliphatic carbocycles. The third-order valence-corrected chi connectivity index (χ3v) is 4.46. The molecule has 1 aromatic carbocycles. The zero-order valence-corrected chi connectivity index (χ0v) is 18.3. The van der Waals surface area contributed by atoms with Gasteiger partial charge in [0.1, 0.15) is 5.02 Å². The van der Waals surface area contributed by atoms with Crippen LogP contribution < -0.4 is 20.9 Å². The maximum atomic E-state index is 12.0. The Labute approximate surface area is 171 Å². The summed E-state index contributed by atoms with van der Waals surface area (Å²) in [5.41, 5.74) is 2.36. The lowest BCUT2D eigenvalue weighted by atomic mass is 9.96. The summed E-state index contributed by atoms with van der Waals surface area (Å²) in [6.07, 6.45) is 0. The predicted octanol–water partition coefficient (Wildman–Crippen LogP) is 4.07. The highest BCUT2D eigenvalue weighted by atomic mass is 35.5. The second-order valence-corrected chi connectivity index (χ2v) is 8.31. The van der Waals surface area contributed by atoms with Gasteiger partial charge in [0, 0.05) is 38.9 Å². The van der Waals surface area contributed by atoms with Gasteiger partial charge in [0.15, 0.2) is 11.6 Å². The highest BCUT2D eigenvalue weighted by molar-refractivity contribution is 6.35. The van der Waals surface area contributed by atoms with Gasteiger partial charge >= 0.3 is 0 Å². The van der Waals surface area contributed by atoms with Gasteiger partial charge in [-0.25, -0.2) is 0 Å². The lowest BCUT2D eigenvalue weighted by molar-refractivity contribution is 0.0963. The van der Waals surface area contributed by atoms with E-state index in [2.05, 4.69) is 46.7 Å². The molecular weight excluding hydrogens is 376 g/mol. The Morgan fingerprint density at radius 1 is 1.21 bits per heavy atom. The van der Waals surface area contributed by atoms with Gasteiger partial charge in [-0.1, -0.05) is 38.4 Å². The molecule has 2 aromatic rings. The molecular formula is C20H29ClN6O. The molecule has 0 spiro atoms. The molecule has 3 N–H and O–H groups in total. The van der Waals surface area contributed by atoms with E-state index in [1.807, 2.05) is 24.9 Å². The van der Waals surface area contributed by atoms with E-state index in [0.29, 0.717) is 28.2 Å². The lowest BCUT2D eigenvalue weighted by Gasteiger charge is -2.28. The van der Waals surface area contributed by atoms with Crippen molar-refractivity contribution in [1.82, 2.24) is 15.3 Å². The molecule has 0 fully saturated rings. The summed E-state index contributed by atoms with van der Waals surface area (Å²) in [5.74, 6) is 1.42. The van der Waals surface area contributed by atoms with E-state index in [1.54, 1.807) is 26.2 Å². The number of benzene rings is 1. The van der Waals surface area contributed by atoms with Crippen LogP contribution in [-0.2, 0) is 0 Å². The van der Waals surface area contributed by atoms with Crippen LogP contribution in [0.15, 0.2) is 18.2 Å². The summed E-state index contributed by atoms with van der Waals surface area (Å²) in [6, 6.07) is 5.44. The van der Waals surface area contributed by atoms with Crippen LogP contribution in [0.5, 0.6) is 0 Å². The minimum absolute atomic E-state index is 0.0782. The summed E-state index contributed by atoms with van der Waals surface area (Å²) in [5, 5.41) is 9.30. The van der Waals surface area contributed by atoms with E-state index in [0.717, 1.165) is 17.8 Å². The minimum Gasteiger partial charge on any atom is -0.358 e. The van der Waals surface area contributed by atoms with Crippen molar-refractivity contribution in [2.45, 2.75) is 27.7 Å². The molecule has 0 saturated heterocycles. The van der Waals surface area contributed by atoms with E-state index in [4.69, 9.17) is 11.6 Å². The molecule has 0 radical (unpaired) electrons. The molecule has 28 heavy (non-hydrogen) atoms. The number of hydrogen-bond donors (Lipinski definition) is 3. The Bertz CT molecular complexity index is 863. The van der Waals surface area contributed by atoms with E-state index in [-0.39, 0.29) is 11.3 Å². The summed E-state index contributed by atoms with van der Waals surface area (Å²) in [7, 11) is 5.32. The van der Waals surface area contributed by atoms with Crippen LogP contribution >= 0.6 is 11.6 Å². The summed E-state index contributed by atoms with van der Waals surface area (Å²) >= 11 is 6.66. The van der Waals surface area contributed by atoms with Crippen molar-refractivity contribution in [3.8, 4) is 0 Å². The number of carbonyl (C=O) groups is 1. The SMILES string of the molecule is CNC(=O)c1ccc(C)c(Nc2nc(NC)nc(N(C)CC(C)(C)C)c2Cl)c1. The van der Waals surface area contributed by atoms with Gasteiger partial charge in [-0.3, -0.25) is 4.79 Å². The van der Waals surface area contributed by atoms with Crippen LogP contribution in [0.1, 0.15) is 36.7 Å². The number of nitrogens with one attached hydrogen (secondary N) is 3. The summed E-state index contributed by atoms with van der Waals surface area (Å²) < 4.78 is 0. The molecule has 0 saturated carbocycles.